The standard InChI is InChI=1S/C26H25N5O3/c1-17-11-18(2)13-22(12-17)31-26(34)30(16-21-9-5-4-7-19(21)3)25(33)23(29-31)24(32)28-15-20-8-6-10-27-14-20/h4-14H,15-16H2,1-3H3,(H,28,32). The molecule has 0 aliphatic rings. The number of nitrogens with one attached hydrogen (secondary N) is 1. The third-order valence-corrected chi connectivity index (χ3v) is 5.49. The molecule has 0 unspecified atom stereocenters. The van der Waals surface area contributed by atoms with Gasteiger partial charge in [0.25, 0.3) is 11.5 Å². The van der Waals surface area contributed by atoms with E-state index in [2.05, 4.69) is 15.4 Å². The van der Waals surface area contributed by atoms with Crippen LogP contribution in [0.15, 0.2) is 76.6 Å². The van der Waals surface area contributed by atoms with Crippen molar-refractivity contribution < 1.29 is 4.79 Å². The van der Waals surface area contributed by atoms with E-state index in [0.29, 0.717) is 5.69 Å². The lowest BCUT2D eigenvalue weighted by atomic mass is 10.1. The largest absolute Gasteiger partial charge is 0.352 e. The highest BCUT2D eigenvalue weighted by Crippen LogP contribution is 2.12. The Morgan fingerprint density at radius 3 is 2.38 bits per heavy atom. The van der Waals surface area contributed by atoms with Gasteiger partial charge in [-0.2, -0.15) is 9.78 Å². The number of hydrogen-bond acceptors (Lipinski definition) is 5. The quantitative estimate of drug-likeness (QED) is 0.482. The second-order valence-corrected chi connectivity index (χ2v) is 8.25. The van der Waals surface area contributed by atoms with E-state index in [4.69, 9.17) is 0 Å². The molecular formula is C26H25N5O3. The zero-order chi connectivity index (χ0) is 24.2. The molecule has 0 fully saturated rings. The molecule has 1 amide bonds. The van der Waals surface area contributed by atoms with Gasteiger partial charge >= 0.3 is 5.69 Å². The van der Waals surface area contributed by atoms with Crippen molar-refractivity contribution in [2.75, 3.05) is 0 Å². The van der Waals surface area contributed by atoms with Gasteiger partial charge in [0.05, 0.1) is 12.2 Å². The van der Waals surface area contributed by atoms with E-state index in [9.17, 15) is 14.4 Å². The molecule has 0 saturated heterocycles. The van der Waals surface area contributed by atoms with Gasteiger partial charge in [0.1, 0.15) is 0 Å². The molecule has 0 saturated carbocycles. The van der Waals surface area contributed by atoms with E-state index in [1.54, 1.807) is 30.6 Å². The van der Waals surface area contributed by atoms with Crippen molar-refractivity contribution in [2.45, 2.75) is 33.9 Å². The zero-order valence-corrected chi connectivity index (χ0v) is 19.3. The van der Waals surface area contributed by atoms with Crippen LogP contribution in [-0.4, -0.2) is 25.2 Å². The van der Waals surface area contributed by atoms with E-state index in [0.717, 1.165) is 37.1 Å². The van der Waals surface area contributed by atoms with Crippen LogP contribution in [0.2, 0.25) is 0 Å². The second-order valence-electron chi connectivity index (χ2n) is 8.25. The summed E-state index contributed by atoms with van der Waals surface area (Å²) in [6, 6.07) is 16.6. The van der Waals surface area contributed by atoms with Gasteiger partial charge in [0.2, 0.25) is 5.69 Å². The van der Waals surface area contributed by atoms with Gasteiger partial charge in [-0.15, -0.1) is 0 Å². The fourth-order valence-corrected chi connectivity index (χ4v) is 3.76. The molecular weight excluding hydrogens is 430 g/mol. The van der Waals surface area contributed by atoms with Crippen molar-refractivity contribution in [3.05, 3.63) is 121 Å². The number of aromatic nitrogens is 4. The van der Waals surface area contributed by atoms with Gasteiger partial charge in [-0.3, -0.25) is 19.1 Å². The molecule has 172 valence electrons. The molecule has 2 heterocycles. The lowest BCUT2D eigenvalue weighted by Crippen LogP contribution is -2.46. The molecule has 1 N–H and O–H groups in total. The second kappa shape index (κ2) is 9.66. The van der Waals surface area contributed by atoms with Crippen LogP contribution < -0.4 is 16.6 Å². The summed E-state index contributed by atoms with van der Waals surface area (Å²) in [5.74, 6) is -0.662. The fourth-order valence-electron chi connectivity index (χ4n) is 3.76. The normalized spacial score (nSPS) is 10.8. The Kier molecular flexibility index (Phi) is 6.49. The monoisotopic (exact) mass is 455 g/mol. The summed E-state index contributed by atoms with van der Waals surface area (Å²) in [6.45, 7) is 5.93. The Morgan fingerprint density at radius 2 is 1.71 bits per heavy atom. The highest BCUT2D eigenvalue weighted by molar-refractivity contribution is 5.91. The van der Waals surface area contributed by atoms with Gasteiger partial charge < -0.3 is 5.32 Å². The Labute approximate surface area is 196 Å². The van der Waals surface area contributed by atoms with Crippen LogP contribution in [0.25, 0.3) is 5.69 Å². The molecule has 0 atom stereocenters. The van der Waals surface area contributed by atoms with Gasteiger partial charge in [-0.1, -0.05) is 36.4 Å². The molecule has 8 nitrogen and oxygen atoms in total. The van der Waals surface area contributed by atoms with E-state index in [-0.39, 0.29) is 18.8 Å². The summed E-state index contributed by atoms with van der Waals surface area (Å²) in [7, 11) is 0. The van der Waals surface area contributed by atoms with Crippen molar-refractivity contribution in [1.29, 1.82) is 0 Å². The molecule has 0 bridgehead atoms. The van der Waals surface area contributed by atoms with Crippen molar-refractivity contribution in [3.8, 4) is 5.69 Å². The molecule has 0 radical (unpaired) electrons. The van der Waals surface area contributed by atoms with Crippen LogP contribution in [0.3, 0.4) is 0 Å². The topological polar surface area (TPSA) is 98.9 Å². The Morgan fingerprint density at radius 1 is 0.971 bits per heavy atom. The molecule has 8 heteroatoms. The SMILES string of the molecule is Cc1cc(C)cc(-n2nc(C(=O)NCc3cccnc3)c(=O)n(Cc3ccccc3C)c2=O)c1. The molecule has 0 aliphatic carbocycles. The smallest absolute Gasteiger partial charge is 0.346 e. The maximum atomic E-state index is 13.4. The number of hydrogen-bond donors (Lipinski definition) is 1. The summed E-state index contributed by atoms with van der Waals surface area (Å²) in [4.78, 5) is 43.7. The zero-order valence-electron chi connectivity index (χ0n) is 19.3. The minimum Gasteiger partial charge on any atom is -0.346 e. The van der Waals surface area contributed by atoms with Crippen molar-refractivity contribution in [3.63, 3.8) is 0 Å². The number of pyridine rings is 1. The van der Waals surface area contributed by atoms with Gasteiger partial charge in [0, 0.05) is 18.9 Å². The summed E-state index contributed by atoms with van der Waals surface area (Å²) in [5, 5.41) is 6.91. The first-order chi connectivity index (χ1) is 16.3. The summed E-state index contributed by atoms with van der Waals surface area (Å²) < 4.78 is 2.19. The molecule has 4 rings (SSSR count). The lowest BCUT2D eigenvalue weighted by Gasteiger charge is -2.14. The minimum absolute atomic E-state index is 0.0283. The van der Waals surface area contributed by atoms with Crippen molar-refractivity contribution >= 4 is 5.91 Å². The summed E-state index contributed by atoms with van der Waals surface area (Å²) in [5.41, 5.74) is 3.18. The number of aryl methyl sites for hydroxylation is 3. The van der Waals surface area contributed by atoms with E-state index in [1.807, 2.05) is 57.2 Å². The first kappa shape index (κ1) is 22.8. The summed E-state index contributed by atoms with van der Waals surface area (Å²) >= 11 is 0. The number of carbonyl (C=O) groups is 1. The predicted molar refractivity (Wildman–Crippen MR) is 129 cm³/mol. The summed E-state index contributed by atoms with van der Waals surface area (Å²) in [6.07, 6.45) is 3.26. The highest BCUT2D eigenvalue weighted by Gasteiger charge is 2.21. The maximum Gasteiger partial charge on any atom is 0.352 e. The molecule has 4 aromatic rings. The Hall–Kier alpha value is -4.33. The van der Waals surface area contributed by atoms with Crippen molar-refractivity contribution in [1.82, 2.24) is 24.6 Å². The molecule has 2 aromatic carbocycles. The highest BCUT2D eigenvalue weighted by atomic mass is 16.2. The number of benzene rings is 2. The van der Waals surface area contributed by atoms with Crippen LogP contribution in [0.4, 0.5) is 0 Å². The third kappa shape index (κ3) is 4.85. The number of carbonyl (C=O) groups excluding carboxylic acids is 1. The van der Waals surface area contributed by atoms with Crippen LogP contribution in [0.1, 0.15) is 38.3 Å². The molecule has 0 aliphatic heterocycles. The van der Waals surface area contributed by atoms with Crippen LogP contribution >= 0.6 is 0 Å². The van der Waals surface area contributed by atoms with Crippen LogP contribution in [0, 0.1) is 20.8 Å². The average Bonchev–Trinajstić information content (AvgIpc) is 2.81. The van der Waals surface area contributed by atoms with E-state index in [1.165, 1.54) is 0 Å². The fraction of sp³-hybridized carbons (Fsp3) is 0.192. The molecule has 0 spiro atoms. The third-order valence-electron chi connectivity index (χ3n) is 5.49. The van der Waals surface area contributed by atoms with Crippen LogP contribution in [0.5, 0.6) is 0 Å². The minimum atomic E-state index is -0.738. The van der Waals surface area contributed by atoms with Crippen molar-refractivity contribution in [2.24, 2.45) is 0 Å². The van der Waals surface area contributed by atoms with Gasteiger partial charge in [-0.05, 0) is 66.8 Å². The Balaban J connectivity index is 1.83. The average molecular weight is 456 g/mol. The van der Waals surface area contributed by atoms with Gasteiger partial charge in [0.15, 0.2) is 0 Å². The number of amides is 1. The van der Waals surface area contributed by atoms with E-state index >= 15 is 0 Å². The first-order valence-electron chi connectivity index (χ1n) is 10.9. The maximum absolute atomic E-state index is 13.4. The van der Waals surface area contributed by atoms with E-state index < -0.39 is 17.2 Å². The number of rotatable bonds is 6. The van der Waals surface area contributed by atoms with Gasteiger partial charge in [-0.25, -0.2) is 4.79 Å². The lowest BCUT2D eigenvalue weighted by molar-refractivity contribution is 0.0941. The Bertz CT molecular complexity index is 1450. The number of nitrogens with zero attached hydrogens (tertiary/aromatic N) is 4. The molecule has 34 heavy (non-hydrogen) atoms. The molecule has 2 aromatic heterocycles. The predicted octanol–water partition coefficient (Wildman–Crippen LogP) is 2.69. The van der Waals surface area contributed by atoms with Crippen LogP contribution in [-0.2, 0) is 13.1 Å². The first-order valence-corrected chi connectivity index (χ1v) is 10.9.